The Balaban J connectivity index is 2.81. The Morgan fingerprint density at radius 2 is 2.00 bits per heavy atom. The molecule has 1 aromatic carbocycles. The minimum Gasteiger partial charge on any atom is -0.258 e. The van der Waals surface area contributed by atoms with E-state index in [1.54, 1.807) is 31.2 Å². The second-order valence-corrected chi connectivity index (χ2v) is 3.91. The summed E-state index contributed by atoms with van der Waals surface area (Å²) >= 11 is 2.33. The summed E-state index contributed by atoms with van der Waals surface area (Å²) in [7, 11) is 0. The van der Waals surface area contributed by atoms with Crippen LogP contribution in [-0.2, 0) is 4.96 Å². The van der Waals surface area contributed by atoms with Gasteiger partial charge in [-0.15, -0.1) is 0 Å². The fourth-order valence-electron chi connectivity index (χ4n) is 1.47. The van der Waals surface area contributed by atoms with Crippen molar-refractivity contribution in [3.05, 3.63) is 30.1 Å². The highest BCUT2D eigenvalue weighted by molar-refractivity contribution is 9.09. The van der Waals surface area contributed by atoms with Crippen LogP contribution >= 0.6 is 15.9 Å². The molecule has 2 rings (SSSR count). The molecule has 2 aromatic rings. The van der Waals surface area contributed by atoms with Gasteiger partial charge in [0.05, 0.1) is 11.0 Å². The maximum Gasteiger partial charge on any atom is 0.388 e. The summed E-state index contributed by atoms with van der Waals surface area (Å²) in [5.41, 5.74) is 0.996. The highest BCUT2D eigenvalue weighted by Crippen LogP contribution is 2.33. The second-order valence-electron chi connectivity index (χ2n) is 2.95. The van der Waals surface area contributed by atoms with Crippen molar-refractivity contribution in [3.63, 3.8) is 0 Å². The molecule has 1 heterocycles. The third-order valence-corrected chi connectivity index (χ3v) is 2.34. The van der Waals surface area contributed by atoms with Gasteiger partial charge in [0.15, 0.2) is 0 Å². The van der Waals surface area contributed by atoms with Gasteiger partial charge in [-0.25, -0.2) is 4.98 Å². The Labute approximate surface area is 87.7 Å². The van der Waals surface area contributed by atoms with Crippen molar-refractivity contribution in [1.82, 2.24) is 9.55 Å². The molecule has 0 bridgehead atoms. The summed E-state index contributed by atoms with van der Waals surface area (Å²) in [6.45, 7) is 1.55. The number of aromatic nitrogens is 2. The van der Waals surface area contributed by atoms with E-state index in [1.807, 2.05) is 0 Å². The van der Waals surface area contributed by atoms with Crippen LogP contribution in [0.4, 0.5) is 8.78 Å². The number of para-hydroxylation sites is 2. The highest BCUT2D eigenvalue weighted by atomic mass is 79.9. The maximum atomic E-state index is 13.1. The van der Waals surface area contributed by atoms with Gasteiger partial charge in [0.2, 0.25) is 0 Å². The standard InChI is InChI=1S/C9H7BrF2N2/c1-6-13-7-4-2-3-5-8(7)14(6)9(10,11)12/h2-5H,1H3. The number of benzene rings is 1. The smallest absolute Gasteiger partial charge is 0.258 e. The number of hydrogen-bond acceptors (Lipinski definition) is 1. The van der Waals surface area contributed by atoms with E-state index in [9.17, 15) is 8.78 Å². The van der Waals surface area contributed by atoms with E-state index in [0.29, 0.717) is 11.0 Å². The highest BCUT2D eigenvalue weighted by Gasteiger charge is 2.30. The monoisotopic (exact) mass is 260 g/mol. The lowest BCUT2D eigenvalue weighted by atomic mass is 10.3. The minimum absolute atomic E-state index is 0.285. The number of nitrogens with zero attached hydrogens (tertiary/aromatic N) is 2. The van der Waals surface area contributed by atoms with Gasteiger partial charge in [0, 0.05) is 15.9 Å². The molecule has 0 spiro atoms. The van der Waals surface area contributed by atoms with Gasteiger partial charge in [-0.05, 0) is 19.1 Å². The third-order valence-electron chi connectivity index (χ3n) is 1.98. The zero-order valence-electron chi connectivity index (χ0n) is 7.34. The molecule has 0 aliphatic heterocycles. The second kappa shape index (κ2) is 3.02. The lowest BCUT2D eigenvalue weighted by Crippen LogP contribution is -2.15. The fourth-order valence-corrected chi connectivity index (χ4v) is 1.91. The van der Waals surface area contributed by atoms with Crippen LogP contribution in [0.15, 0.2) is 24.3 Å². The summed E-state index contributed by atoms with van der Waals surface area (Å²) in [6, 6.07) is 6.80. The Hall–Kier alpha value is -0.970. The first-order chi connectivity index (χ1) is 6.50. The summed E-state index contributed by atoms with van der Waals surface area (Å²) in [4.78, 5) is 0.942. The number of hydrogen-bond donors (Lipinski definition) is 0. The molecule has 0 aliphatic rings. The van der Waals surface area contributed by atoms with Crippen LogP contribution in [0.25, 0.3) is 11.0 Å². The molecular formula is C9H7BrF2N2. The summed E-state index contributed by atoms with van der Waals surface area (Å²) < 4.78 is 27.1. The van der Waals surface area contributed by atoms with Gasteiger partial charge in [0.25, 0.3) is 0 Å². The molecule has 0 radical (unpaired) electrons. The molecule has 0 N–H and O–H groups in total. The molecule has 14 heavy (non-hydrogen) atoms. The van der Waals surface area contributed by atoms with Crippen LogP contribution in [0.1, 0.15) is 5.82 Å². The lowest BCUT2D eigenvalue weighted by Gasteiger charge is -2.12. The number of halogens is 3. The van der Waals surface area contributed by atoms with Crippen LogP contribution in [0, 0.1) is 6.92 Å². The Morgan fingerprint density at radius 1 is 1.36 bits per heavy atom. The minimum atomic E-state index is -3.09. The number of imidazole rings is 1. The first kappa shape index (κ1) is 9.58. The van der Waals surface area contributed by atoms with Crippen molar-refractivity contribution in [2.45, 2.75) is 11.9 Å². The quantitative estimate of drug-likeness (QED) is 0.720. The Morgan fingerprint density at radius 3 is 2.64 bits per heavy atom. The van der Waals surface area contributed by atoms with Crippen molar-refractivity contribution < 1.29 is 8.78 Å². The molecule has 0 saturated carbocycles. The number of alkyl halides is 3. The maximum absolute atomic E-state index is 13.1. The van der Waals surface area contributed by atoms with E-state index in [0.717, 1.165) is 4.57 Å². The summed E-state index contributed by atoms with van der Waals surface area (Å²) in [5.74, 6) is 0.285. The molecule has 0 aliphatic carbocycles. The Kier molecular flexibility index (Phi) is 2.06. The van der Waals surface area contributed by atoms with Crippen molar-refractivity contribution in [1.29, 1.82) is 0 Å². The van der Waals surface area contributed by atoms with Gasteiger partial charge >= 0.3 is 4.96 Å². The van der Waals surface area contributed by atoms with E-state index < -0.39 is 4.96 Å². The zero-order chi connectivity index (χ0) is 10.3. The fraction of sp³-hybridized carbons (Fsp3) is 0.222. The largest absolute Gasteiger partial charge is 0.388 e. The molecule has 0 unspecified atom stereocenters. The number of aryl methyl sites for hydroxylation is 1. The van der Waals surface area contributed by atoms with Crippen LogP contribution in [-0.4, -0.2) is 9.55 Å². The topological polar surface area (TPSA) is 17.8 Å². The van der Waals surface area contributed by atoms with Gasteiger partial charge in [0.1, 0.15) is 5.82 Å². The third kappa shape index (κ3) is 1.41. The van der Waals surface area contributed by atoms with Crippen LogP contribution < -0.4 is 0 Å². The van der Waals surface area contributed by atoms with E-state index >= 15 is 0 Å². The van der Waals surface area contributed by atoms with Crippen molar-refractivity contribution in [2.75, 3.05) is 0 Å². The average molecular weight is 261 g/mol. The normalized spacial score (nSPS) is 12.3. The molecule has 0 saturated heterocycles. The molecular weight excluding hydrogens is 254 g/mol. The molecule has 0 fully saturated rings. The molecule has 1 aromatic heterocycles. The van der Waals surface area contributed by atoms with Crippen LogP contribution in [0.2, 0.25) is 0 Å². The van der Waals surface area contributed by atoms with Crippen LogP contribution in [0.5, 0.6) is 0 Å². The molecule has 2 nitrogen and oxygen atoms in total. The zero-order valence-corrected chi connectivity index (χ0v) is 8.92. The summed E-state index contributed by atoms with van der Waals surface area (Å²) in [6.07, 6.45) is 0. The van der Waals surface area contributed by atoms with E-state index in [2.05, 4.69) is 20.9 Å². The first-order valence-electron chi connectivity index (χ1n) is 4.01. The van der Waals surface area contributed by atoms with Crippen molar-refractivity contribution in [3.8, 4) is 0 Å². The SMILES string of the molecule is Cc1nc2ccccc2n1C(F)(F)Br. The lowest BCUT2D eigenvalue weighted by molar-refractivity contribution is 0.0353. The van der Waals surface area contributed by atoms with Gasteiger partial charge in [-0.2, -0.15) is 8.78 Å². The average Bonchev–Trinajstić information content (AvgIpc) is 2.38. The van der Waals surface area contributed by atoms with Crippen molar-refractivity contribution >= 4 is 27.0 Å². The van der Waals surface area contributed by atoms with Gasteiger partial charge in [-0.1, -0.05) is 12.1 Å². The number of fused-ring (bicyclic) bond motifs is 1. The molecule has 0 atom stereocenters. The molecule has 74 valence electrons. The molecule has 0 amide bonds. The van der Waals surface area contributed by atoms with Gasteiger partial charge in [-0.3, -0.25) is 4.57 Å². The van der Waals surface area contributed by atoms with Crippen LogP contribution in [0.3, 0.4) is 0 Å². The van der Waals surface area contributed by atoms with Gasteiger partial charge < -0.3 is 0 Å². The predicted octanol–water partition coefficient (Wildman–Crippen LogP) is 3.25. The number of rotatable bonds is 1. The first-order valence-corrected chi connectivity index (χ1v) is 4.81. The summed E-state index contributed by atoms with van der Waals surface area (Å²) in [5, 5.41) is 0. The van der Waals surface area contributed by atoms with E-state index in [4.69, 9.17) is 0 Å². The molecule has 5 heteroatoms. The van der Waals surface area contributed by atoms with E-state index in [1.165, 1.54) is 0 Å². The van der Waals surface area contributed by atoms with Crippen molar-refractivity contribution in [2.24, 2.45) is 0 Å². The predicted molar refractivity (Wildman–Crippen MR) is 53.6 cm³/mol. The Bertz CT molecular complexity index is 473. The van der Waals surface area contributed by atoms with E-state index in [-0.39, 0.29) is 5.82 Å².